The largest absolute Gasteiger partial charge is 0.507 e. The van der Waals surface area contributed by atoms with Crippen LogP contribution in [0.2, 0.25) is 0 Å². The van der Waals surface area contributed by atoms with Crippen LogP contribution in [0.4, 0.5) is 5.82 Å². The maximum absolute atomic E-state index is 10.5. The first-order valence-electron chi connectivity index (χ1n) is 9.04. The van der Waals surface area contributed by atoms with Gasteiger partial charge in [-0.1, -0.05) is 0 Å². The van der Waals surface area contributed by atoms with Gasteiger partial charge in [-0.25, -0.2) is 14.6 Å². The Kier molecular flexibility index (Phi) is 4.57. The van der Waals surface area contributed by atoms with Gasteiger partial charge in [-0.15, -0.1) is 0 Å². The zero-order valence-electron chi connectivity index (χ0n) is 15.7. The van der Waals surface area contributed by atoms with E-state index in [0.717, 1.165) is 29.9 Å². The van der Waals surface area contributed by atoms with Crippen LogP contribution in [0.1, 0.15) is 19.9 Å². The summed E-state index contributed by atoms with van der Waals surface area (Å²) in [5, 5.41) is 15.9. The molecule has 1 fully saturated rings. The summed E-state index contributed by atoms with van der Waals surface area (Å²) in [5.74, 6) is 1.95. The van der Waals surface area contributed by atoms with Crippen LogP contribution in [0, 0.1) is 0 Å². The van der Waals surface area contributed by atoms with Crippen LogP contribution < -0.4 is 9.64 Å². The van der Waals surface area contributed by atoms with Gasteiger partial charge in [0.15, 0.2) is 11.5 Å². The summed E-state index contributed by atoms with van der Waals surface area (Å²) in [6.45, 7) is 6.96. The maximum atomic E-state index is 10.5. The van der Waals surface area contributed by atoms with Gasteiger partial charge in [0.2, 0.25) is 0 Å². The standard InChI is InChI=1S/C19H23N5O3/c1-12(2)24-19-15(11-20-24)18(23-6-8-27-9-7-23)21-17(22-19)14-5-4-13(26-3)10-16(14)25/h4-5,10-12,25H,6-9H2,1-3H3. The fourth-order valence-electron chi connectivity index (χ4n) is 3.25. The molecule has 1 aliphatic rings. The molecule has 0 atom stereocenters. The Labute approximate surface area is 157 Å². The van der Waals surface area contributed by atoms with Gasteiger partial charge < -0.3 is 19.5 Å². The first kappa shape index (κ1) is 17.5. The zero-order chi connectivity index (χ0) is 19.0. The zero-order valence-corrected chi connectivity index (χ0v) is 15.7. The predicted octanol–water partition coefficient (Wildman–Crippen LogP) is 2.63. The lowest BCUT2D eigenvalue weighted by molar-refractivity contribution is 0.122. The Hall–Kier alpha value is -2.87. The van der Waals surface area contributed by atoms with Crippen LogP contribution in [-0.4, -0.2) is 58.3 Å². The van der Waals surface area contributed by atoms with Crippen molar-refractivity contribution in [2.45, 2.75) is 19.9 Å². The molecule has 0 radical (unpaired) electrons. The summed E-state index contributed by atoms with van der Waals surface area (Å²) in [6.07, 6.45) is 1.82. The van der Waals surface area contributed by atoms with Crippen molar-refractivity contribution in [1.82, 2.24) is 19.7 Å². The number of aromatic nitrogens is 4. The molecule has 0 spiro atoms. The maximum Gasteiger partial charge on any atom is 0.167 e. The van der Waals surface area contributed by atoms with E-state index in [2.05, 4.69) is 23.8 Å². The minimum Gasteiger partial charge on any atom is -0.507 e. The molecule has 1 saturated heterocycles. The van der Waals surface area contributed by atoms with Crippen LogP contribution in [-0.2, 0) is 4.74 Å². The SMILES string of the molecule is COc1ccc(-c2nc(N3CCOCC3)c3cnn(C(C)C)c3n2)c(O)c1. The summed E-state index contributed by atoms with van der Waals surface area (Å²) in [4.78, 5) is 11.7. The highest BCUT2D eigenvalue weighted by Gasteiger charge is 2.22. The third-order valence-electron chi connectivity index (χ3n) is 4.68. The average molecular weight is 369 g/mol. The number of rotatable bonds is 4. The first-order valence-corrected chi connectivity index (χ1v) is 9.04. The van der Waals surface area contributed by atoms with E-state index in [1.54, 1.807) is 25.3 Å². The number of hydrogen-bond donors (Lipinski definition) is 1. The van der Waals surface area contributed by atoms with Crippen molar-refractivity contribution in [3.63, 3.8) is 0 Å². The van der Waals surface area contributed by atoms with Crippen molar-refractivity contribution in [3.8, 4) is 22.9 Å². The molecule has 1 aliphatic heterocycles. The number of benzene rings is 1. The predicted molar refractivity (Wildman–Crippen MR) is 102 cm³/mol. The molecule has 1 aromatic carbocycles. The molecule has 0 unspecified atom stereocenters. The number of morpholine rings is 1. The van der Waals surface area contributed by atoms with E-state index in [1.165, 1.54) is 0 Å². The Morgan fingerprint density at radius 3 is 2.63 bits per heavy atom. The van der Waals surface area contributed by atoms with E-state index in [-0.39, 0.29) is 11.8 Å². The number of anilines is 1. The van der Waals surface area contributed by atoms with Crippen molar-refractivity contribution < 1.29 is 14.6 Å². The molecule has 8 heteroatoms. The van der Waals surface area contributed by atoms with E-state index >= 15 is 0 Å². The van der Waals surface area contributed by atoms with Crippen molar-refractivity contribution in [2.24, 2.45) is 0 Å². The van der Waals surface area contributed by atoms with Gasteiger partial charge in [0.1, 0.15) is 17.3 Å². The number of phenols is 1. The van der Waals surface area contributed by atoms with Gasteiger partial charge in [0, 0.05) is 25.2 Å². The smallest absolute Gasteiger partial charge is 0.167 e. The second-order valence-electron chi connectivity index (χ2n) is 6.77. The van der Waals surface area contributed by atoms with E-state index in [1.807, 2.05) is 10.9 Å². The molecule has 0 saturated carbocycles. The molecule has 0 amide bonds. The van der Waals surface area contributed by atoms with Gasteiger partial charge in [0.05, 0.1) is 37.5 Å². The van der Waals surface area contributed by atoms with E-state index in [0.29, 0.717) is 30.4 Å². The Morgan fingerprint density at radius 1 is 1.19 bits per heavy atom. The molecule has 0 aliphatic carbocycles. The highest BCUT2D eigenvalue weighted by molar-refractivity contribution is 5.89. The van der Waals surface area contributed by atoms with Crippen molar-refractivity contribution >= 4 is 16.9 Å². The monoisotopic (exact) mass is 369 g/mol. The van der Waals surface area contributed by atoms with Crippen LogP contribution in [0.15, 0.2) is 24.4 Å². The topological polar surface area (TPSA) is 85.5 Å². The molecular weight excluding hydrogens is 346 g/mol. The molecule has 8 nitrogen and oxygen atoms in total. The van der Waals surface area contributed by atoms with Crippen LogP contribution in [0.25, 0.3) is 22.4 Å². The summed E-state index contributed by atoms with van der Waals surface area (Å²) in [5.41, 5.74) is 1.32. The lowest BCUT2D eigenvalue weighted by atomic mass is 10.1. The summed E-state index contributed by atoms with van der Waals surface area (Å²) in [7, 11) is 1.56. The Balaban J connectivity index is 1.91. The summed E-state index contributed by atoms with van der Waals surface area (Å²) < 4.78 is 12.5. The molecule has 2 aromatic heterocycles. The number of hydrogen-bond acceptors (Lipinski definition) is 7. The molecule has 3 aromatic rings. The van der Waals surface area contributed by atoms with Crippen molar-refractivity contribution in [3.05, 3.63) is 24.4 Å². The Morgan fingerprint density at radius 2 is 1.96 bits per heavy atom. The van der Waals surface area contributed by atoms with Gasteiger partial charge in [-0.3, -0.25) is 0 Å². The highest BCUT2D eigenvalue weighted by Crippen LogP contribution is 2.34. The quantitative estimate of drug-likeness (QED) is 0.756. The average Bonchev–Trinajstić information content (AvgIpc) is 3.12. The highest BCUT2D eigenvalue weighted by atomic mass is 16.5. The lowest BCUT2D eigenvalue weighted by Crippen LogP contribution is -2.37. The fraction of sp³-hybridized carbons (Fsp3) is 0.421. The number of fused-ring (bicyclic) bond motifs is 1. The molecule has 3 heterocycles. The van der Waals surface area contributed by atoms with Crippen LogP contribution >= 0.6 is 0 Å². The first-order chi connectivity index (χ1) is 13.1. The second-order valence-corrected chi connectivity index (χ2v) is 6.77. The number of aromatic hydroxyl groups is 1. The Bertz CT molecular complexity index is 963. The minimum atomic E-state index is 0.0808. The third kappa shape index (κ3) is 3.16. The number of phenolic OH excluding ortho intramolecular Hbond substituents is 1. The second kappa shape index (κ2) is 7.03. The normalized spacial score (nSPS) is 14.9. The molecular formula is C19H23N5O3. The molecule has 4 rings (SSSR count). The number of ether oxygens (including phenoxy) is 2. The van der Waals surface area contributed by atoms with Crippen molar-refractivity contribution in [1.29, 1.82) is 0 Å². The fourth-order valence-corrected chi connectivity index (χ4v) is 3.25. The minimum absolute atomic E-state index is 0.0808. The van der Waals surface area contributed by atoms with Crippen LogP contribution in [0.5, 0.6) is 11.5 Å². The van der Waals surface area contributed by atoms with Gasteiger partial charge >= 0.3 is 0 Å². The summed E-state index contributed by atoms with van der Waals surface area (Å²) >= 11 is 0. The summed E-state index contributed by atoms with van der Waals surface area (Å²) in [6, 6.07) is 5.29. The molecule has 142 valence electrons. The van der Waals surface area contributed by atoms with Gasteiger partial charge in [-0.2, -0.15) is 5.10 Å². The molecule has 1 N–H and O–H groups in total. The van der Waals surface area contributed by atoms with Gasteiger partial charge in [0.25, 0.3) is 0 Å². The lowest BCUT2D eigenvalue weighted by Gasteiger charge is -2.28. The number of nitrogens with zero attached hydrogens (tertiary/aromatic N) is 5. The van der Waals surface area contributed by atoms with E-state index in [4.69, 9.17) is 19.4 Å². The van der Waals surface area contributed by atoms with E-state index in [9.17, 15) is 5.11 Å². The van der Waals surface area contributed by atoms with Gasteiger partial charge in [-0.05, 0) is 26.0 Å². The number of methoxy groups -OCH3 is 1. The molecule has 27 heavy (non-hydrogen) atoms. The van der Waals surface area contributed by atoms with E-state index < -0.39 is 0 Å². The van der Waals surface area contributed by atoms with Crippen molar-refractivity contribution in [2.75, 3.05) is 38.3 Å². The van der Waals surface area contributed by atoms with Crippen LogP contribution in [0.3, 0.4) is 0 Å². The third-order valence-corrected chi connectivity index (χ3v) is 4.68. The molecule has 0 bridgehead atoms.